The molecular weight excluding hydrogens is 304 g/mol. The Kier molecular flexibility index (Phi) is 3.52. The van der Waals surface area contributed by atoms with Crippen LogP contribution >= 0.6 is 15.9 Å². The molecule has 2 nitrogen and oxygen atoms in total. The van der Waals surface area contributed by atoms with Gasteiger partial charge in [-0.1, -0.05) is 15.9 Å². The van der Waals surface area contributed by atoms with Crippen LogP contribution in [0.15, 0.2) is 34.8 Å². The summed E-state index contributed by atoms with van der Waals surface area (Å²) in [5, 5.41) is 0. The molecule has 0 bridgehead atoms. The lowest BCUT2D eigenvalue weighted by Crippen LogP contribution is -1.94. The van der Waals surface area contributed by atoms with E-state index >= 15 is 0 Å². The Morgan fingerprint density at radius 2 is 1.89 bits per heavy atom. The number of anilines is 1. The van der Waals surface area contributed by atoms with Gasteiger partial charge in [-0.25, -0.2) is 4.39 Å². The second-order valence-corrected chi connectivity index (χ2v) is 4.74. The van der Waals surface area contributed by atoms with E-state index in [1.807, 2.05) is 0 Å². The van der Waals surface area contributed by atoms with Crippen LogP contribution in [0.1, 0.15) is 5.56 Å². The number of aryl methyl sites for hydroxylation is 1. The third kappa shape index (κ3) is 2.61. The van der Waals surface area contributed by atoms with Crippen molar-refractivity contribution in [2.75, 3.05) is 5.73 Å². The molecule has 0 radical (unpaired) electrons. The Bertz CT molecular complexity index is 602. The van der Waals surface area contributed by atoms with Gasteiger partial charge in [0.15, 0.2) is 11.6 Å². The van der Waals surface area contributed by atoms with E-state index in [1.165, 1.54) is 6.07 Å². The van der Waals surface area contributed by atoms with E-state index < -0.39 is 11.6 Å². The normalized spacial score (nSPS) is 10.4. The van der Waals surface area contributed by atoms with E-state index in [0.29, 0.717) is 15.9 Å². The summed E-state index contributed by atoms with van der Waals surface area (Å²) in [6, 6.07) is 7.31. The SMILES string of the molecule is Cc1cc(Oc2cc(Br)cc(F)c2F)ccc1N. The van der Waals surface area contributed by atoms with Crippen molar-refractivity contribution in [2.45, 2.75) is 6.92 Å². The maximum absolute atomic E-state index is 13.5. The molecule has 0 aromatic heterocycles. The zero-order valence-corrected chi connectivity index (χ0v) is 11.1. The van der Waals surface area contributed by atoms with Crippen LogP contribution in [0.4, 0.5) is 14.5 Å². The molecule has 5 heteroatoms. The van der Waals surface area contributed by atoms with Crippen molar-refractivity contribution in [3.05, 3.63) is 52.0 Å². The maximum atomic E-state index is 13.5. The molecule has 18 heavy (non-hydrogen) atoms. The zero-order valence-electron chi connectivity index (χ0n) is 9.51. The summed E-state index contributed by atoms with van der Waals surface area (Å²) in [4.78, 5) is 0. The van der Waals surface area contributed by atoms with Gasteiger partial charge >= 0.3 is 0 Å². The molecular formula is C13H10BrF2NO. The summed E-state index contributed by atoms with van der Waals surface area (Å²) in [7, 11) is 0. The Labute approximate surface area is 112 Å². The average molecular weight is 314 g/mol. The highest BCUT2D eigenvalue weighted by atomic mass is 79.9. The molecule has 2 aromatic carbocycles. The quantitative estimate of drug-likeness (QED) is 0.658. The van der Waals surface area contributed by atoms with Crippen LogP contribution in [0.5, 0.6) is 11.5 Å². The predicted octanol–water partition coefficient (Wildman–Crippen LogP) is 4.41. The third-order valence-corrected chi connectivity index (χ3v) is 2.89. The Balaban J connectivity index is 2.36. The smallest absolute Gasteiger partial charge is 0.201 e. The van der Waals surface area contributed by atoms with Gasteiger partial charge in [0.25, 0.3) is 0 Å². The van der Waals surface area contributed by atoms with Gasteiger partial charge < -0.3 is 10.5 Å². The van der Waals surface area contributed by atoms with Crippen LogP contribution in [0, 0.1) is 18.6 Å². The molecule has 0 saturated carbocycles. The van der Waals surface area contributed by atoms with Gasteiger partial charge in [-0.3, -0.25) is 0 Å². The predicted molar refractivity (Wildman–Crippen MR) is 69.7 cm³/mol. The summed E-state index contributed by atoms with van der Waals surface area (Å²) in [5.74, 6) is -1.76. The maximum Gasteiger partial charge on any atom is 0.201 e. The molecule has 2 N–H and O–H groups in total. The number of nitrogen functional groups attached to an aromatic ring is 1. The first-order valence-electron chi connectivity index (χ1n) is 5.16. The van der Waals surface area contributed by atoms with Gasteiger partial charge in [-0.15, -0.1) is 0 Å². The lowest BCUT2D eigenvalue weighted by atomic mass is 10.2. The molecule has 94 valence electrons. The van der Waals surface area contributed by atoms with Crippen LogP contribution < -0.4 is 10.5 Å². The fraction of sp³-hybridized carbons (Fsp3) is 0.0769. The minimum atomic E-state index is -1.02. The second-order valence-electron chi connectivity index (χ2n) is 3.82. The summed E-state index contributed by atoms with van der Waals surface area (Å²) >= 11 is 3.08. The van der Waals surface area contributed by atoms with Gasteiger partial charge in [0.1, 0.15) is 5.75 Å². The van der Waals surface area contributed by atoms with Crippen LogP contribution in [0.25, 0.3) is 0 Å². The summed E-state index contributed by atoms with van der Waals surface area (Å²) in [6.45, 7) is 1.81. The van der Waals surface area contributed by atoms with Gasteiger partial charge in [0, 0.05) is 10.2 Å². The first kappa shape index (κ1) is 12.8. The van der Waals surface area contributed by atoms with E-state index in [9.17, 15) is 8.78 Å². The number of hydrogen-bond acceptors (Lipinski definition) is 2. The molecule has 0 amide bonds. The van der Waals surface area contributed by atoms with Crippen LogP contribution in [-0.4, -0.2) is 0 Å². The van der Waals surface area contributed by atoms with Gasteiger partial charge in [-0.05, 0) is 42.8 Å². The highest BCUT2D eigenvalue weighted by Crippen LogP contribution is 2.30. The molecule has 0 aliphatic heterocycles. The molecule has 0 heterocycles. The average Bonchev–Trinajstić information content (AvgIpc) is 2.30. The molecule has 2 rings (SSSR count). The lowest BCUT2D eigenvalue weighted by molar-refractivity contribution is 0.415. The third-order valence-electron chi connectivity index (χ3n) is 2.43. The Morgan fingerprint density at radius 3 is 2.56 bits per heavy atom. The highest BCUT2D eigenvalue weighted by molar-refractivity contribution is 9.10. The largest absolute Gasteiger partial charge is 0.454 e. The number of benzene rings is 2. The fourth-order valence-electron chi connectivity index (χ4n) is 1.45. The van der Waals surface area contributed by atoms with E-state index in [1.54, 1.807) is 25.1 Å². The Hall–Kier alpha value is -1.62. The summed E-state index contributed by atoms with van der Waals surface area (Å²) < 4.78 is 32.4. The number of halogens is 3. The van der Waals surface area contributed by atoms with Gasteiger partial charge in [0.05, 0.1) is 0 Å². The van der Waals surface area contributed by atoms with E-state index in [4.69, 9.17) is 10.5 Å². The van der Waals surface area contributed by atoms with Crippen molar-refractivity contribution in [1.29, 1.82) is 0 Å². The summed E-state index contributed by atoms with van der Waals surface area (Å²) in [6.07, 6.45) is 0. The number of ether oxygens (including phenoxy) is 1. The van der Waals surface area contributed by atoms with E-state index in [-0.39, 0.29) is 5.75 Å². The highest BCUT2D eigenvalue weighted by Gasteiger charge is 2.12. The second kappa shape index (κ2) is 4.94. The zero-order chi connectivity index (χ0) is 13.3. The van der Waals surface area contributed by atoms with Crippen molar-refractivity contribution < 1.29 is 13.5 Å². The molecule has 0 saturated heterocycles. The van der Waals surface area contributed by atoms with Crippen molar-refractivity contribution in [2.24, 2.45) is 0 Å². The molecule has 0 spiro atoms. The van der Waals surface area contributed by atoms with Crippen LogP contribution in [0.3, 0.4) is 0 Å². The molecule has 0 aliphatic rings. The standard InChI is InChI=1S/C13H10BrF2NO/c1-7-4-9(2-3-11(7)17)18-12-6-8(14)5-10(15)13(12)16/h2-6H,17H2,1H3. The van der Waals surface area contributed by atoms with E-state index in [0.717, 1.165) is 11.6 Å². The number of hydrogen-bond donors (Lipinski definition) is 1. The van der Waals surface area contributed by atoms with Gasteiger partial charge in [0.2, 0.25) is 5.82 Å². The van der Waals surface area contributed by atoms with Crippen LogP contribution in [0.2, 0.25) is 0 Å². The molecule has 0 unspecified atom stereocenters. The number of nitrogens with two attached hydrogens (primary N) is 1. The molecule has 0 fully saturated rings. The Morgan fingerprint density at radius 1 is 1.17 bits per heavy atom. The van der Waals surface area contributed by atoms with Crippen molar-refractivity contribution >= 4 is 21.6 Å². The molecule has 0 atom stereocenters. The number of rotatable bonds is 2. The van der Waals surface area contributed by atoms with Crippen molar-refractivity contribution in [3.63, 3.8) is 0 Å². The van der Waals surface area contributed by atoms with Gasteiger partial charge in [-0.2, -0.15) is 4.39 Å². The monoisotopic (exact) mass is 313 g/mol. The minimum Gasteiger partial charge on any atom is -0.454 e. The molecule has 0 aliphatic carbocycles. The minimum absolute atomic E-state index is 0.175. The molecule has 2 aromatic rings. The first-order valence-corrected chi connectivity index (χ1v) is 5.95. The topological polar surface area (TPSA) is 35.2 Å². The summed E-state index contributed by atoms with van der Waals surface area (Å²) in [5.41, 5.74) is 7.09. The van der Waals surface area contributed by atoms with E-state index in [2.05, 4.69) is 15.9 Å². The fourth-order valence-corrected chi connectivity index (χ4v) is 1.85. The van der Waals surface area contributed by atoms with Crippen LogP contribution in [-0.2, 0) is 0 Å². The van der Waals surface area contributed by atoms with Crippen molar-refractivity contribution in [1.82, 2.24) is 0 Å². The lowest BCUT2D eigenvalue weighted by Gasteiger charge is -2.09. The first-order chi connectivity index (χ1) is 8.47. The van der Waals surface area contributed by atoms with Crippen molar-refractivity contribution in [3.8, 4) is 11.5 Å².